The van der Waals surface area contributed by atoms with Crippen LogP contribution < -0.4 is 5.46 Å². The molecule has 1 aromatic carbocycles. The minimum Gasteiger partial charge on any atom is -0.412 e. The molecule has 0 saturated carbocycles. The van der Waals surface area contributed by atoms with Crippen LogP contribution in [0.15, 0.2) is 18.2 Å². The Hall–Kier alpha value is -0.865. The highest BCUT2D eigenvalue weighted by Crippen LogP contribution is 2.00. The van der Waals surface area contributed by atoms with Crippen molar-refractivity contribution in [3.8, 4) is 0 Å². The first kappa shape index (κ1) is 12.8. The van der Waals surface area contributed by atoms with Gasteiger partial charge in [-0.15, -0.1) is 0 Å². The van der Waals surface area contributed by atoms with E-state index in [1.54, 1.807) is 19.1 Å². The summed E-state index contributed by atoms with van der Waals surface area (Å²) < 4.78 is 12.4. The molecule has 0 atom stereocenters. The molecule has 0 unspecified atom stereocenters. The molecule has 0 aliphatic heterocycles. The lowest BCUT2D eigenvalue weighted by atomic mass is 9.95. The van der Waals surface area contributed by atoms with Crippen molar-refractivity contribution in [1.82, 2.24) is 0 Å². The van der Waals surface area contributed by atoms with E-state index in [0.717, 1.165) is 0 Å². The zero-order valence-electron chi connectivity index (χ0n) is 6.19. The molecule has 60 valence electrons. The Labute approximate surface area is 66.1 Å². The predicted molar refractivity (Wildman–Crippen MR) is 43.8 cm³/mol. The molecule has 2 radical (unpaired) electrons. The smallest absolute Gasteiger partial charge is 0.126 e. The molecule has 0 saturated heterocycles. The van der Waals surface area contributed by atoms with Crippen molar-refractivity contribution >= 4 is 13.3 Å². The van der Waals surface area contributed by atoms with Gasteiger partial charge in [-0.2, -0.15) is 0 Å². The van der Waals surface area contributed by atoms with Crippen LogP contribution in [0.3, 0.4) is 0 Å². The molecule has 0 aliphatic carbocycles. The van der Waals surface area contributed by atoms with Crippen LogP contribution in [0.2, 0.25) is 0 Å². The molecule has 0 fully saturated rings. The fourth-order valence-electron chi connectivity index (χ4n) is 0.668. The average Bonchev–Trinajstić information content (AvgIpc) is 1.80. The summed E-state index contributed by atoms with van der Waals surface area (Å²) in [5.74, 6) is -0.204. The lowest BCUT2D eigenvalue weighted by Gasteiger charge is -1.95. The molecule has 2 nitrogen and oxygen atoms in total. The summed E-state index contributed by atoms with van der Waals surface area (Å²) in [6.45, 7) is 1.69. The highest BCUT2D eigenvalue weighted by Gasteiger charge is 1.92. The summed E-state index contributed by atoms with van der Waals surface area (Å²) >= 11 is 0. The van der Waals surface area contributed by atoms with Crippen LogP contribution in [0.1, 0.15) is 5.56 Å². The number of hydrogen-bond acceptors (Lipinski definition) is 0. The topological polar surface area (TPSA) is 63.0 Å². The lowest BCUT2D eigenvalue weighted by molar-refractivity contribution is 0.619. The summed E-state index contributed by atoms with van der Waals surface area (Å²) in [6.07, 6.45) is 0. The van der Waals surface area contributed by atoms with Gasteiger partial charge in [0, 0.05) is 0 Å². The molecule has 11 heavy (non-hydrogen) atoms. The van der Waals surface area contributed by atoms with Gasteiger partial charge in [0.25, 0.3) is 0 Å². The fraction of sp³-hybridized carbons (Fsp3) is 0.143. The van der Waals surface area contributed by atoms with E-state index >= 15 is 0 Å². The van der Waals surface area contributed by atoms with E-state index in [0.29, 0.717) is 11.0 Å². The molecule has 4 heteroatoms. The Kier molecular flexibility index (Phi) is 5.66. The maximum Gasteiger partial charge on any atom is 0.126 e. The van der Waals surface area contributed by atoms with E-state index in [2.05, 4.69) is 0 Å². The number of aryl methyl sites for hydroxylation is 1. The van der Waals surface area contributed by atoms with Crippen molar-refractivity contribution in [3.63, 3.8) is 0 Å². The molecular weight excluding hydrogens is 146 g/mol. The largest absolute Gasteiger partial charge is 0.412 e. The van der Waals surface area contributed by atoms with Crippen LogP contribution in [0.5, 0.6) is 0 Å². The summed E-state index contributed by atoms with van der Waals surface area (Å²) in [7, 11) is 5.36. The van der Waals surface area contributed by atoms with Crippen molar-refractivity contribution in [2.24, 2.45) is 0 Å². The Bertz CT molecular complexity index is 228. The highest BCUT2D eigenvalue weighted by molar-refractivity contribution is 6.32. The van der Waals surface area contributed by atoms with Crippen LogP contribution >= 0.6 is 0 Å². The summed E-state index contributed by atoms with van der Waals surface area (Å²) in [5.41, 5.74) is 1.20. The van der Waals surface area contributed by atoms with E-state index in [4.69, 9.17) is 7.85 Å². The van der Waals surface area contributed by atoms with Gasteiger partial charge in [-0.1, -0.05) is 17.6 Å². The molecule has 0 spiro atoms. The summed E-state index contributed by atoms with van der Waals surface area (Å²) in [4.78, 5) is 0. The van der Waals surface area contributed by atoms with E-state index < -0.39 is 0 Å². The molecule has 0 aliphatic rings. The predicted octanol–water partition coefficient (Wildman–Crippen LogP) is -0.721. The van der Waals surface area contributed by atoms with Gasteiger partial charge >= 0.3 is 0 Å². The van der Waals surface area contributed by atoms with Crippen molar-refractivity contribution < 1.29 is 15.3 Å². The van der Waals surface area contributed by atoms with Crippen molar-refractivity contribution in [2.75, 3.05) is 0 Å². The van der Waals surface area contributed by atoms with Crippen molar-refractivity contribution in [2.45, 2.75) is 6.92 Å². The van der Waals surface area contributed by atoms with Crippen LogP contribution in [-0.2, 0) is 0 Å². The van der Waals surface area contributed by atoms with Gasteiger partial charge in [-0.25, -0.2) is 4.39 Å². The normalized spacial score (nSPS) is 7.82. The van der Waals surface area contributed by atoms with Crippen molar-refractivity contribution in [3.05, 3.63) is 29.6 Å². The van der Waals surface area contributed by atoms with Gasteiger partial charge in [-0.3, -0.25) is 0 Å². The maximum atomic E-state index is 12.4. The maximum absolute atomic E-state index is 12.4. The zero-order chi connectivity index (χ0) is 6.85. The summed E-state index contributed by atoms with van der Waals surface area (Å²) in [6, 6.07) is 4.52. The third kappa shape index (κ3) is 3.16. The van der Waals surface area contributed by atoms with Crippen LogP contribution in [0, 0.1) is 12.7 Å². The minimum absolute atomic E-state index is 0. The van der Waals surface area contributed by atoms with Gasteiger partial charge in [0.2, 0.25) is 0 Å². The molecular formula is C7H10BFO2. The van der Waals surface area contributed by atoms with Crippen LogP contribution in [-0.4, -0.2) is 18.8 Å². The average molecular weight is 156 g/mol. The Morgan fingerprint density at radius 2 is 1.82 bits per heavy atom. The third-order valence-electron chi connectivity index (χ3n) is 1.18. The number of hydrogen-bond donors (Lipinski definition) is 0. The molecule has 1 rings (SSSR count). The first-order valence-corrected chi connectivity index (χ1v) is 2.72. The highest BCUT2D eigenvalue weighted by atomic mass is 19.1. The monoisotopic (exact) mass is 156 g/mol. The molecule has 0 bridgehead atoms. The van der Waals surface area contributed by atoms with E-state index in [1.165, 1.54) is 6.07 Å². The Morgan fingerprint density at radius 1 is 1.27 bits per heavy atom. The zero-order valence-corrected chi connectivity index (χ0v) is 6.19. The van der Waals surface area contributed by atoms with Gasteiger partial charge in [0.1, 0.15) is 13.7 Å². The Balaban J connectivity index is 0. The SMILES string of the molecule is O.O.[B]c1ccc(F)c(C)c1. The van der Waals surface area contributed by atoms with Crippen LogP contribution in [0.4, 0.5) is 4.39 Å². The lowest BCUT2D eigenvalue weighted by Crippen LogP contribution is -2.02. The second-order valence-corrected chi connectivity index (χ2v) is 2.01. The number of benzene rings is 1. The first-order chi connectivity index (χ1) is 4.20. The minimum atomic E-state index is -0.204. The molecule has 0 amide bonds. The number of rotatable bonds is 0. The standard InChI is InChI=1S/C7H6BF.2H2O/c1-5-4-6(8)2-3-7(5)9;;/h2-4H,1H3;2*1H2. The first-order valence-electron chi connectivity index (χ1n) is 2.72. The second-order valence-electron chi connectivity index (χ2n) is 2.01. The Morgan fingerprint density at radius 3 is 2.18 bits per heavy atom. The summed E-state index contributed by atoms with van der Waals surface area (Å²) in [5, 5.41) is 0. The van der Waals surface area contributed by atoms with E-state index in [-0.39, 0.29) is 16.8 Å². The third-order valence-corrected chi connectivity index (χ3v) is 1.18. The van der Waals surface area contributed by atoms with Crippen LogP contribution in [0.25, 0.3) is 0 Å². The van der Waals surface area contributed by atoms with E-state index in [1.807, 2.05) is 0 Å². The second kappa shape index (κ2) is 4.88. The van der Waals surface area contributed by atoms with Gasteiger partial charge in [0.15, 0.2) is 0 Å². The van der Waals surface area contributed by atoms with Gasteiger partial charge in [0.05, 0.1) is 0 Å². The van der Waals surface area contributed by atoms with E-state index in [9.17, 15) is 4.39 Å². The van der Waals surface area contributed by atoms with Gasteiger partial charge in [-0.05, 0) is 18.6 Å². The number of halogens is 1. The van der Waals surface area contributed by atoms with Crippen molar-refractivity contribution in [1.29, 1.82) is 0 Å². The quantitative estimate of drug-likeness (QED) is 0.445. The molecule has 0 aromatic heterocycles. The molecule has 1 aromatic rings. The fourth-order valence-corrected chi connectivity index (χ4v) is 0.668. The molecule has 0 heterocycles. The molecule has 4 N–H and O–H groups in total. The van der Waals surface area contributed by atoms with Gasteiger partial charge < -0.3 is 11.0 Å².